The average Bonchev–Trinajstić information content (AvgIpc) is 2.31. The number of rotatable bonds is 7. The molecule has 0 fully saturated rings. The van der Waals surface area contributed by atoms with Gasteiger partial charge in [0.05, 0.1) is 0 Å². The Morgan fingerprint density at radius 2 is 1.89 bits per heavy atom. The highest BCUT2D eigenvalue weighted by molar-refractivity contribution is 6.34. The molecule has 6 heteroatoms. The molecule has 0 aliphatic carbocycles. The van der Waals surface area contributed by atoms with Crippen molar-refractivity contribution in [2.45, 2.75) is 6.92 Å². The SMILES string of the molecule is CCNCCNC(=O)COc1cc(Cl)cc(Cl)c1. The Kier molecular flexibility index (Phi) is 6.86. The van der Waals surface area contributed by atoms with Crippen LogP contribution in [0.2, 0.25) is 10.0 Å². The molecule has 1 rings (SSSR count). The van der Waals surface area contributed by atoms with Gasteiger partial charge in [0, 0.05) is 23.1 Å². The molecule has 4 nitrogen and oxygen atoms in total. The summed E-state index contributed by atoms with van der Waals surface area (Å²) in [5, 5.41) is 6.78. The van der Waals surface area contributed by atoms with Gasteiger partial charge in [0.25, 0.3) is 5.91 Å². The van der Waals surface area contributed by atoms with Crippen molar-refractivity contribution in [1.82, 2.24) is 10.6 Å². The minimum Gasteiger partial charge on any atom is -0.484 e. The summed E-state index contributed by atoms with van der Waals surface area (Å²) in [6.45, 7) is 4.15. The maximum atomic E-state index is 11.4. The molecule has 2 N–H and O–H groups in total. The van der Waals surface area contributed by atoms with Gasteiger partial charge >= 0.3 is 0 Å². The molecule has 0 unspecified atom stereocenters. The molecular formula is C12H16Cl2N2O2. The lowest BCUT2D eigenvalue weighted by Gasteiger charge is -2.08. The largest absolute Gasteiger partial charge is 0.484 e. The molecular weight excluding hydrogens is 275 g/mol. The zero-order valence-electron chi connectivity index (χ0n) is 10.1. The predicted octanol–water partition coefficient (Wildman–Crippen LogP) is 2.10. The van der Waals surface area contributed by atoms with Gasteiger partial charge in [-0.15, -0.1) is 0 Å². The molecule has 1 amide bonds. The van der Waals surface area contributed by atoms with E-state index in [1.165, 1.54) is 0 Å². The van der Waals surface area contributed by atoms with Gasteiger partial charge in [-0.1, -0.05) is 30.1 Å². The van der Waals surface area contributed by atoms with E-state index < -0.39 is 0 Å². The van der Waals surface area contributed by atoms with E-state index in [1.54, 1.807) is 18.2 Å². The van der Waals surface area contributed by atoms with Crippen LogP contribution < -0.4 is 15.4 Å². The molecule has 1 aromatic carbocycles. The van der Waals surface area contributed by atoms with Crippen molar-refractivity contribution in [3.63, 3.8) is 0 Å². The molecule has 0 atom stereocenters. The third-order valence-corrected chi connectivity index (χ3v) is 2.52. The van der Waals surface area contributed by atoms with Crippen molar-refractivity contribution in [2.24, 2.45) is 0 Å². The summed E-state index contributed by atoms with van der Waals surface area (Å²) in [5.41, 5.74) is 0. The molecule has 0 aromatic heterocycles. The van der Waals surface area contributed by atoms with Crippen LogP contribution in [0.4, 0.5) is 0 Å². The van der Waals surface area contributed by atoms with E-state index in [1.807, 2.05) is 6.92 Å². The van der Waals surface area contributed by atoms with Gasteiger partial charge in [-0.3, -0.25) is 4.79 Å². The summed E-state index contributed by atoms with van der Waals surface area (Å²) < 4.78 is 5.29. The highest BCUT2D eigenvalue weighted by Gasteiger charge is 2.03. The van der Waals surface area contributed by atoms with Gasteiger partial charge in [-0.05, 0) is 24.7 Å². The minimum absolute atomic E-state index is 0.0528. The van der Waals surface area contributed by atoms with E-state index >= 15 is 0 Å². The molecule has 0 spiro atoms. The summed E-state index contributed by atoms with van der Waals surface area (Å²) in [4.78, 5) is 11.4. The standard InChI is InChI=1S/C12H16Cl2N2O2/c1-2-15-3-4-16-12(17)8-18-11-6-9(13)5-10(14)7-11/h5-7,15H,2-4,8H2,1H3,(H,16,17). The number of amides is 1. The summed E-state index contributed by atoms with van der Waals surface area (Å²) in [6, 6.07) is 4.82. The summed E-state index contributed by atoms with van der Waals surface area (Å²) in [5.74, 6) is 0.304. The van der Waals surface area contributed by atoms with Crippen LogP contribution >= 0.6 is 23.2 Å². The van der Waals surface area contributed by atoms with Crippen molar-refractivity contribution in [3.05, 3.63) is 28.2 Å². The first kappa shape index (κ1) is 15.1. The molecule has 0 radical (unpaired) electrons. The minimum atomic E-state index is -0.177. The Morgan fingerprint density at radius 3 is 2.50 bits per heavy atom. The smallest absolute Gasteiger partial charge is 0.257 e. The van der Waals surface area contributed by atoms with Crippen molar-refractivity contribution >= 4 is 29.1 Å². The van der Waals surface area contributed by atoms with Gasteiger partial charge in [0.2, 0.25) is 0 Å². The predicted molar refractivity (Wildman–Crippen MR) is 73.5 cm³/mol. The van der Waals surface area contributed by atoms with Crippen LogP contribution in [0.5, 0.6) is 5.75 Å². The molecule has 18 heavy (non-hydrogen) atoms. The normalized spacial score (nSPS) is 10.2. The lowest BCUT2D eigenvalue weighted by molar-refractivity contribution is -0.123. The fourth-order valence-corrected chi connectivity index (χ4v) is 1.78. The van der Waals surface area contributed by atoms with Gasteiger partial charge in [-0.25, -0.2) is 0 Å². The van der Waals surface area contributed by atoms with Crippen LogP contribution in [-0.2, 0) is 4.79 Å². The number of likely N-dealkylation sites (N-methyl/N-ethyl adjacent to an activating group) is 1. The highest BCUT2D eigenvalue weighted by Crippen LogP contribution is 2.23. The number of carbonyl (C=O) groups is 1. The lowest BCUT2D eigenvalue weighted by Crippen LogP contribution is -2.34. The van der Waals surface area contributed by atoms with Crippen molar-refractivity contribution in [2.75, 3.05) is 26.2 Å². The Bertz CT molecular complexity index is 379. The van der Waals surface area contributed by atoms with E-state index in [-0.39, 0.29) is 12.5 Å². The number of carbonyl (C=O) groups excluding carboxylic acids is 1. The number of halogens is 2. The third kappa shape index (κ3) is 6.10. The number of benzene rings is 1. The molecule has 100 valence electrons. The first-order valence-electron chi connectivity index (χ1n) is 5.68. The second-order valence-electron chi connectivity index (χ2n) is 3.60. The average molecular weight is 291 g/mol. The summed E-state index contributed by atoms with van der Waals surface area (Å²) in [6.07, 6.45) is 0. The van der Waals surface area contributed by atoms with Gasteiger partial charge in [0.15, 0.2) is 6.61 Å². The van der Waals surface area contributed by atoms with Crippen LogP contribution in [0.1, 0.15) is 6.92 Å². The number of hydrogen-bond acceptors (Lipinski definition) is 3. The van der Waals surface area contributed by atoms with E-state index in [0.717, 1.165) is 13.1 Å². The topological polar surface area (TPSA) is 50.4 Å². The Morgan fingerprint density at radius 1 is 1.22 bits per heavy atom. The first-order valence-corrected chi connectivity index (χ1v) is 6.43. The lowest BCUT2D eigenvalue weighted by atomic mass is 10.3. The van der Waals surface area contributed by atoms with E-state index in [2.05, 4.69) is 10.6 Å². The Labute approximate surface area is 117 Å². The fourth-order valence-electron chi connectivity index (χ4n) is 1.28. The molecule has 0 saturated carbocycles. The maximum Gasteiger partial charge on any atom is 0.257 e. The third-order valence-electron chi connectivity index (χ3n) is 2.08. The van der Waals surface area contributed by atoms with Crippen molar-refractivity contribution in [1.29, 1.82) is 0 Å². The maximum absolute atomic E-state index is 11.4. The summed E-state index contributed by atoms with van der Waals surface area (Å²) in [7, 11) is 0. The highest BCUT2D eigenvalue weighted by atomic mass is 35.5. The zero-order chi connectivity index (χ0) is 13.4. The van der Waals surface area contributed by atoms with Gasteiger partial charge < -0.3 is 15.4 Å². The van der Waals surface area contributed by atoms with Gasteiger partial charge in [-0.2, -0.15) is 0 Å². The number of nitrogens with one attached hydrogen (secondary N) is 2. The molecule has 0 bridgehead atoms. The molecule has 0 aliphatic rings. The van der Waals surface area contributed by atoms with Crippen LogP contribution in [0.3, 0.4) is 0 Å². The van der Waals surface area contributed by atoms with Crippen LogP contribution in [0, 0.1) is 0 Å². The van der Waals surface area contributed by atoms with Crippen LogP contribution in [-0.4, -0.2) is 32.1 Å². The quantitative estimate of drug-likeness (QED) is 0.756. The van der Waals surface area contributed by atoms with E-state index in [0.29, 0.717) is 22.3 Å². The fraction of sp³-hybridized carbons (Fsp3) is 0.417. The Hall–Kier alpha value is -0.970. The van der Waals surface area contributed by atoms with E-state index in [9.17, 15) is 4.79 Å². The molecule has 0 heterocycles. The number of ether oxygens (including phenoxy) is 1. The van der Waals surface area contributed by atoms with Crippen molar-refractivity contribution < 1.29 is 9.53 Å². The number of hydrogen-bond donors (Lipinski definition) is 2. The van der Waals surface area contributed by atoms with Gasteiger partial charge in [0.1, 0.15) is 5.75 Å². The van der Waals surface area contributed by atoms with Crippen LogP contribution in [0.25, 0.3) is 0 Å². The molecule has 0 saturated heterocycles. The monoisotopic (exact) mass is 290 g/mol. The second-order valence-corrected chi connectivity index (χ2v) is 4.47. The Balaban J connectivity index is 2.29. The zero-order valence-corrected chi connectivity index (χ0v) is 11.6. The van der Waals surface area contributed by atoms with E-state index in [4.69, 9.17) is 27.9 Å². The van der Waals surface area contributed by atoms with Crippen LogP contribution in [0.15, 0.2) is 18.2 Å². The second kappa shape index (κ2) is 8.19. The molecule has 1 aromatic rings. The molecule has 0 aliphatic heterocycles. The summed E-state index contributed by atoms with van der Waals surface area (Å²) >= 11 is 11.6. The van der Waals surface area contributed by atoms with Crippen molar-refractivity contribution in [3.8, 4) is 5.75 Å². The first-order chi connectivity index (χ1) is 8.61.